The molecule has 2 atom stereocenters. The van der Waals surface area contributed by atoms with Crippen molar-refractivity contribution in [2.45, 2.75) is 19.3 Å². The zero-order valence-electron chi connectivity index (χ0n) is 8.73. The van der Waals surface area contributed by atoms with Crippen LogP contribution in [0.15, 0.2) is 12.1 Å². The Balaban J connectivity index is 1.95. The molecule has 0 amide bonds. The summed E-state index contributed by atoms with van der Waals surface area (Å²) in [5.74, 6) is 1.35. The van der Waals surface area contributed by atoms with Crippen LogP contribution in [0.25, 0.3) is 0 Å². The van der Waals surface area contributed by atoms with Crippen LogP contribution < -0.4 is 9.47 Å². The van der Waals surface area contributed by atoms with Crippen LogP contribution in [0.3, 0.4) is 0 Å². The van der Waals surface area contributed by atoms with E-state index in [1.807, 2.05) is 13.0 Å². The smallest absolute Gasteiger partial charge is 0.231 e. The minimum Gasteiger partial charge on any atom is -0.454 e. The summed E-state index contributed by atoms with van der Waals surface area (Å²) in [5, 5.41) is 0.573. The zero-order valence-corrected chi connectivity index (χ0v) is 9.49. The minimum atomic E-state index is -0.406. The van der Waals surface area contributed by atoms with Gasteiger partial charge in [0.1, 0.15) is 0 Å². The van der Waals surface area contributed by atoms with Gasteiger partial charge in [-0.1, -0.05) is 11.6 Å². The number of rotatable bonds is 1. The molecule has 1 aromatic carbocycles. The SMILES string of the molecule is C[C@H]1CO[C@H](c2cc3c(cc2Cl)OCO3)O1. The number of benzene rings is 1. The van der Waals surface area contributed by atoms with E-state index in [1.165, 1.54) is 0 Å². The van der Waals surface area contributed by atoms with E-state index in [0.29, 0.717) is 23.1 Å². The van der Waals surface area contributed by atoms with Crippen molar-refractivity contribution in [2.75, 3.05) is 13.4 Å². The van der Waals surface area contributed by atoms with E-state index in [9.17, 15) is 0 Å². The third kappa shape index (κ3) is 1.63. The van der Waals surface area contributed by atoms with Crippen LogP contribution >= 0.6 is 11.6 Å². The van der Waals surface area contributed by atoms with E-state index < -0.39 is 6.29 Å². The van der Waals surface area contributed by atoms with Crippen molar-refractivity contribution >= 4 is 11.6 Å². The molecule has 0 radical (unpaired) electrons. The van der Waals surface area contributed by atoms with Gasteiger partial charge in [0.25, 0.3) is 0 Å². The largest absolute Gasteiger partial charge is 0.454 e. The van der Waals surface area contributed by atoms with Crippen LogP contribution in [0.1, 0.15) is 18.8 Å². The van der Waals surface area contributed by atoms with Gasteiger partial charge >= 0.3 is 0 Å². The zero-order chi connectivity index (χ0) is 11.1. The number of hydrogen-bond acceptors (Lipinski definition) is 4. The molecule has 2 aliphatic rings. The van der Waals surface area contributed by atoms with E-state index in [4.69, 9.17) is 30.5 Å². The Morgan fingerprint density at radius 1 is 1.25 bits per heavy atom. The molecule has 5 heteroatoms. The van der Waals surface area contributed by atoms with Crippen molar-refractivity contribution in [1.29, 1.82) is 0 Å². The highest BCUT2D eigenvalue weighted by Crippen LogP contribution is 2.41. The van der Waals surface area contributed by atoms with Gasteiger partial charge in [-0.15, -0.1) is 0 Å². The first kappa shape index (κ1) is 10.2. The average Bonchev–Trinajstić information content (AvgIpc) is 2.84. The number of fused-ring (bicyclic) bond motifs is 1. The normalized spacial score (nSPS) is 27.4. The first-order chi connectivity index (χ1) is 7.74. The Morgan fingerprint density at radius 2 is 2.00 bits per heavy atom. The van der Waals surface area contributed by atoms with Gasteiger partial charge in [0.2, 0.25) is 6.79 Å². The van der Waals surface area contributed by atoms with Gasteiger partial charge in [-0.25, -0.2) is 0 Å². The van der Waals surface area contributed by atoms with Crippen molar-refractivity contribution in [3.05, 3.63) is 22.7 Å². The van der Waals surface area contributed by atoms with Gasteiger partial charge in [-0.3, -0.25) is 0 Å². The molecule has 16 heavy (non-hydrogen) atoms. The Labute approximate surface area is 98.0 Å². The fourth-order valence-electron chi connectivity index (χ4n) is 1.79. The molecule has 0 spiro atoms. The van der Waals surface area contributed by atoms with Crippen molar-refractivity contribution in [3.63, 3.8) is 0 Å². The second kappa shape index (κ2) is 3.80. The number of hydrogen-bond donors (Lipinski definition) is 0. The maximum absolute atomic E-state index is 6.14. The number of halogens is 1. The first-order valence-corrected chi connectivity index (χ1v) is 5.48. The van der Waals surface area contributed by atoms with E-state index in [1.54, 1.807) is 6.07 Å². The molecule has 0 aromatic heterocycles. The highest BCUT2D eigenvalue weighted by atomic mass is 35.5. The summed E-state index contributed by atoms with van der Waals surface area (Å²) in [6.45, 7) is 2.77. The first-order valence-electron chi connectivity index (χ1n) is 5.10. The van der Waals surface area contributed by atoms with Crippen molar-refractivity contribution in [3.8, 4) is 11.5 Å². The Hall–Kier alpha value is -0.970. The lowest BCUT2D eigenvalue weighted by Gasteiger charge is -2.12. The van der Waals surface area contributed by atoms with E-state index >= 15 is 0 Å². The molecule has 86 valence electrons. The van der Waals surface area contributed by atoms with Gasteiger partial charge in [-0.2, -0.15) is 0 Å². The predicted octanol–water partition coefficient (Wildman–Crippen LogP) is 2.50. The third-order valence-corrected chi connectivity index (χ3v) is 2.91. The average molecular weight is 243 g/mol. The molecule has 3 rings (SSSR count). The van der Waals surface area contributed by atoms with Gasteiger partial charge < -0.3 is 18.9 Å². The summed E-state index contributed by atoms with van der Waals surface area (Å²) in [6, 6.07) is 3.54. The molecule has 2 heterocycles. The van der Waals surface area contributed by atoms with Gasteiger partial charge in [0.15, 0.2) is 17.8 Å². The van der Waals surface area contributed by atoms with E-state index in [0.717, 1.165) is 5.56 Å². The summed E-state index contributed by atoms with van der Waals surface area (Å²) < 4.78 is 21.6. The molecule has 1 aromatic rings. The Morgan fingerprint density at radius 3 is 2.69 bits per heavy atom. The van der Waals surface area contributed by atoms with Crippen LogP contribution in [-0.4, -0.2) is 19.5 Å². The van der Waals surface area contributed by atoms with Gasteiger partial charge in [0.05, 0.1) is 17.7 Å². The summed E-state index contributed by atoms with van der Waals surface area (Å²) in [6.07, 6.45) is -0.316. The monoisotopic (exact) mass is 242 g/mol. The molecule has 0 bridgehead atoms. The van der Waals surface area contributed by atoms with Crippen LogP contribution in [0.4, 0.5) is 0 Å². The van der Waals surface area contributed by atoms with Crippen LogP contribution in [0.5, 0.6) is 11.5 Å². The summed E-state index contributed by atoms with van der Waals surface area (Å²) >= 11 is 6.14. The van der Waals surface area contributed by atoms with E-state index in [2.05, 4.69) is 0 Å². The molecule has 1 saturated heterocycles. The maximum atomic E-state index is 6.14. The molecular formula is C11H11ClO4. The van der Waals surface area contributed by atoms with E-state index in [-0.39, 0.29) is 12.9 Å². The lowest BCUT2D eigenvalue weighted by Crippen LogP contribution is -2.03. The van der Waals surface area contributed by atoms with Crippen molar-refractivity contribution < 1.29 is 18.9 Å². The fraction of sp³-hybridized carbons (Fsp3) is 0.455. The molecular weight excluding hydrogens is 232 g/mol. The molecule has 0 unspecified atom stereocenters. The standard InChI is InChI=1S/C11H11ClO4/c1-6-4-13-11(16-6)7-2-9-10(3-8(7)12)15-5-14-9/h2-3,6,11H,4-5H2,1H3/t6-,11-/m0/s1. The van der Waals surface area contributed by atoms with Crippen molar-refractivity contribution in [1.82, 2.24) is 0 Å². The molecule has 4 nitrogen and oxygen atoms in total. The number of ether oxygens (including phenoxy) is 4. The van der Waals surface area contributed by atoms with Gasteiger partial charge in [-0.05, 0) is 13.0 Å². The minimum absolute atomic E-state index is 0.0893. The lowest BCUT2D eigenvalue weighted by molar-refractivity contribution is -0.0572. The second-order valence-electron chi connectivity index (χ2n) is 3.84. The molecule has 0 saturated carbocycles. The lowest BCUT2D eigenvalue weighted by atomic mass is 10.2. The highest BCUT2D eigenvalue weighted by Gasteiger charge is 2.28. The molecule has 2 aliphatic heterocycles. The maximum Gasteiger partial charge on any atom is 0.231 e. The summed E-state index contributed by atoms with van der Waals surface area (Å²) in [5.41, 5.74) is 0.787. The summed E-state index contributed by atoms with van der Waals surface area (Å²) in [7, 11) is 0. The second-order valence-corrected chi connectivity index (χ2v) is 4.25. The topological polar surface area (TPSA) is 36.9 Å². The van der Waals surface area contributed by atoms with Crippen LogP contribution in [0.2, 0.25) is 5.02 Å². The van der Waals surface area contributed by atoms with Crippen molar-refractivity contribution in [2.24, 2.45) is 0 Å². The molecule has 0 N–H and O–H groups in total. The van der Waals surface area contributed by atoms with Gasteiger partial charge in [0, 0.05) is 11.6 Å². The van der Waals surface area contributed by atoms with Crippen LogP contribution in [-0.2, 0) is 9.47 Å². The Kier molecular flexibility index (Phi) is 2.42. The quantitative estimate of drug-likeness (QED) is 0.758. The fourth-order valence-corrected chi connectivity index (χ4v) is 2.03. The summed E-state index contributed by atoms with van der Waals surface area (Å²) in [4.78, 5) is 0. The highest BCUT2D eigenvalue weighted by molar-refractivity contribution is 6.31. The molecule has 1 fully saturated rings. The third-order valence-electron chi connectivity index (χ3n) is 2.58. The Bertz CT molecular complexity index is 421. The predicted molar refractivity (Wildman–Crippen MR) is 56.8 cm³/mol. The van der Waals surface area contributed by atoms with Crippen LogP contribution in [0, 0.1) is 0 Å². The molecule has 0 aliphatic carbocycles.